The Bertz CT molecular complexity index is 958. The predicted octanol–water partition coefficient (Wildman–Crippen LogP) is 1.91. The SMILES string of the molecule is CN(c1ccnc(C(=O)N2CCc3ccccc32)c1)C1CCS(=O)(=O)C1. The van der Waals surface area contributed by atoms with Crippen LogP contribution in [0.15, 0.2) is 42.6 Å². The Morgan fingerprint density at radius 3 is 2.85 bits per heavy atom. The number of anilines is 2. The molecule has 0 N–H and O–H groups in total. The molecule has 0 saturated carbocycles. The molecule has 0 spiro atoms. The van der Waals surface area contributed by atoms with E-state index in [-0.39, 0.29) is 23.5 Å². The fraction of sp³-hybridized carbons (Fsp3) is 0.368. The first kappa shape index (κ1) is 17.0. The van der Waals surface area contributed by atoms with Crippen LogP contribution in [0.3, 0.4) is 0 Å². The van der Waals surface area contributed by atoms with E-state index in [1.54, 1.807) is 17.2 Å². The van der Waals surface area contributed by atoms with E-state index in [0.29, 0.717) is 18.7 Å². The molecule has 26 heavy (non-hydrogen) atoms. The quantitative estimate of drug-likeness (QED) is 0.824. The highest BCUT2D eigenvalue weighted by molar-refractivity contribution is 7.91. The lowest BCUT2D eigenvalue weighted by Gasteiger charge is -2.26. The highest BCUT2D eigenvalue weighted by Gasteiger charge is 2.31. The summed E-state index contributed by atoms with van der Waals surface area (Å²) in [5.41, 5.74) is 3.31. The summed E-state index contributed by atoms with van der Waals surface area (Å²) in [6, 6.07) is 11.4. The molecule has 1 saturated heterocycles. The number of carbonyl (C=O) groups is 1. The Labute approximate surface area is 153 Å². The maximum Gasteiger partial charge on any atom is 0.276 e. The summed E-state index contributed by atoms with van der Waals surface area (Å²) < 4.78 is 23.5. The Morgan fingerprint density at radius 2 is 2.08 bits per heavy atom. The van der Waals surface area contributed by atoms with Crippen molar-refractivity contribution in [2.75, 3.05) is 34.9 Å². The van der Waals surface area contributed by atoms with Crippen molar-refractivity contribution >= 4 is 27.1 Å². The van der Waals surface area contributed by atoms with Gasteiger partial charge in [0.15, 0.2) is 9.84 Å². The third-order valence-electron chi connectivity index (χ3n) is 5.26. The molecule has 1 aromatic heterocycles. The normalized spacial score (nSPS) is 20.8. The molecule has 1 aromatic carbocycles. The van der Waals surface area contributed by atoms with Gasteiger partial charge in [0.1, 0.15) is 5.69 Å². The number of hydrogen-bond acceptors (Lipinski definition) is 5. The van der Waals surface area contributed by atoms with Crippen molar-refractivity contribution in [2.24, 2.45) is 0 Å². The van der Waals surface area contributed by atoms with E-state index in [9.17, 15) is 13.2 Å². The zero-order valence-corrected chi connectivity index (χ0v) is 15.4. The second-order valence-electron chi connectivity index (χ2n) is 6.90. The van der Waals surface area contributed by atoms with Crippen LogP contribution in [0.25, 0.3) is 0 Å². The molecule has 1 unspecified atom stereocenters. The second-order valence-corrected chi connectivity index (χ2v) is 9.13. The highest BCUT2D eigenvalue weighted by Crippen LogP contribution is 2.29. The van der Waals surface area contributed by atoms with E-state index in [1.807, 2.05) is 42.3 Å². The molecule has 1 amide bonds. The molecule has 1 fully saturated rings. The van der Waals surface area contributed by atoms with Gasteiger partial charge < -0.3 is 9.80 Å². The van der Waals surface area contributed by atoms with Crippen molar-refractivity contribution < 1.29 is 13.2 Å². The molecule has 0 aliphatic carbocycles. The number of para-hydroxylation sites is 1. The molecule has 0 bridgehead atoms. The van der Waals surface area contributed by atoms with Gasteiger partial charge in [-0.15, -0.1) is 0 Å². The first-order valence-corrected chi connectivity index (χ1v) is 10.6. The number of rotatable bonds is 3. The lowest BCUT2D eigenvalue weighted by Crippen LogP contribution is -2.33. The molecule has 2 aromatic rings. The Hall–Kier alpha value is -2.41. The third-order valence-corrected chi connectivity index (χ3v) is 7.01. The first-order chi connectivity index (χ1) is 12.4. The largest absolute Gasteiger partial charge is 0.370 e. The molecule has 2 aliphatic rings. The number of nitrogens with zero attached hydrogens (tertiary/aromatic N) is 3. The molecule has 3 heterocycles. The summed E-state index contributed by atoms with van der Waals surface area (Å²) in [6.45, 7) is 0.654. The number of fused-ring (bicyclic) bond motifs is 1. The molecule has 6 nitrogen and oxygen atoms in total. The zero-order chi connectivity index (χ0) is 18.3. The van der Waals surface area contributed by atoms with Gasteiger partial charge in [0.05, 0.1) is 11.5 Å². The first-order valence-electron chi connectivity index (χ1n) is 8.74. The van der Waals surface area contributed by atoms with Crippen molar-refractivity contribution in [2.45, 2.75) is 18.9 Å². The van der Waals surface area contributed by atoms with Gasteiger partial charge in [-0.1, -0.05) is 18.2 Å². The van der Waals surface area contributed by atoms with E-state index in [4.69, 9.17) is 0 Å². The van der Waals surface area contributed by atoms with Gasteiger partial charge in [-0.25, -0.2) is 8.42 Å². The van der Waals surface area contributed by atoms with E-state index < -0.39 is 9.84 Å². The number of pyridine rings is 1. The summed E-state index contributed by atoms with van der Waals surface area (Å²) in [4.78, 5) is 20.9. The predicted molar refractivity (Wildman–Crippen MR) is 102 cm³/mol. The number of benzene rings is 1. The van der Waals surface area contributed by atoms with Crippen LogP contribution in [0.2, 0.25) is 0 Å². The molecule has 0 radical (unpaired) electrons. The third kappa shape index (κ3) is 3.07. The van der Waals surface area contributed by atoms with Crippen molar-refractivity contribution in [3.63, 3.8) is 0 Å². The fourth-order valence-corrected chi connectivity index (χ4v) is 5.51. The monoisotopic (exact) mass is 371 g/mol. The molecule has 1 atom stereocenters. The summed E-state index contributed by atoms with van der Waals surface area (Å²) >= 11 is 0. The minimum absolute atomic E-state index is 0.0575. The van der Waals surface area contributed by atoms with Crippen LogP contribution in [0.5, 0.6) is 0 Å². The van der Waals surface area contributed by atoms with Crippen LogP contribution in [0, 0.1) is 0 Å². The maximum atomic E-state index is 13.0. The van der Waals surface area contributed by atoms with Gasteiger partial charge in [0.2, 0.25) is 0 Å². The summed E-state index contributed by atoms with van der Waals surface area (Å²) in [6.07, 6.45) is 3.08. The van der Waals surface area contributed by atoms with Crippen LogP contribution >= 0.6 is 0 Å². The lowest BCUT2D eigenvalue weighted by atomic mass is 10.2. The number of hydrogen-bond donors (Lipinski definition) is 0. The van der Waals surface area contributed by atoms with Crippen LogP contribution in [0.4, 0.5) is 11.4 Å². The Morgan fingerprint density at radius 1 is 1.27 bits per heavy atom. The second kappa shape index (κ2) is 6.39. The number of carbonyl (C=O) groups excluding carboxylic acids is 1. The minimum Gasteiger partial charge on any atom is -0.370 e. The van der Waals surface area contributed by atoms with Crippen molar-refractivity contribution in [3.8, 4) is 0 Å². The van der Waals surface area contributed by atoms with Crippen LogP contribution in [-0.2, 0) is 16.3 Å². The van der Waals surface area contributed by atoms with Crippen LogP contribution in [-0.4, -0.2) is 50.4 Å². The van der Waals surface area contributed by atoms with Crippen molar-refractivity contribution in [1.29, 1.82) is 0 Å². The molecule has 4 rings (SSSR count). The Balaban J connectivity index is 1.57. The van der Waals surface area contributed by atoms with Crippen molar-refractivity contribution in [1.82, 2.24) is 4.98 Å². The average Bonchev–Trinajstić information content (AvgIpc) is 3.23. The molecular weight excluding hydrogens is 350 g/mol. The van der Waals surface area contributed by atoms with E-state index in [2.05, 4.69) is 4.98 Å². The van der Waals surface area contributed by atoms with Gasteiger partial charge >= 0.3 is 0 Å². The van der Waals surface area contributed by atoms with E-state index >= 15 is 0 Å². The van der Waals surface area contributed by atoms with Crippen LogP contribution in [0.1, 0.15) is 22.5 Å². The van der Waals surface area contributed by atoms with E-state index in [0.717, 1.165) is 17.8 Å². The average molecular weight is 371 g/mol. The Kier molecular flexibility index (Phi) is 4.19. The smallest absolute Gasteiger partial charge is 0.276 e. The topological polar surface area (TPSA) is 70.6 Å². The fourth-order valence-electron chi connectivity index (χ4n) is 3.73. The van der Waals surface area contributed by atoms with Gasteiger partial charge in [0.25, 0.3) is 5.91 Å². The standard InChI is InChI=1S/C19H21N3O3S/c1-21(16-8-11-26(24,25)13-16)15-6-9-20-17(12-15)19(23)22-10-7-14-4-2-3-5-18(14)22/h2-6,9,12,16H,7-8,10-11,13H2,1H3. The van der Waals surface area contributed by atoms with E-state index in [1.165, 1.54) is 5.56 Å². The van der Waals surface area contributed by atoms with Gasteiger partial charge in [-0.3, -0.25) is 9.78 Å². The summed E-state index contributed by atoms with van der Waals surface area (Å²) in [5.74, 6) is 0.266. The summed E-state index contributed by atoms with van der Waals surface area (Å²) in [5, 5.41) is 0. The van der Waals surface area contributed by atoms with Gasteiger partial charge in [-0.05, 0) is 36.6 Å². The van der Waals surface area contributed by atoms with Gasteiger partial charge in [0, 0.05) is 37.2 Å². The maximum absolute atomic E-state index is 13.0. The number of aromatic nitrogens is 1. The zero-order valence-electron chi connectivity index (χ0n) is 14.6. The molecule has 2 aliphatic heterocycles. The molecule has 136 valence electrons. The van der Waals surface area contributed by atoms with Crippen molar-refractivity contribution in [3.05, 3.63) is 53.9 Å². The molecular formula is C19H21N3O3S. The highest BCUT2D eigenvalue weighted by atomic mass is 32.2. The minimum atomic E-state index is -2.95. The number of amides is 1. The summed E-state index contributed by atoms with van der Waals surface area (Å²) in [7, 11) is -1.08. The molecule has 7 heteroatoms. The number of sulfone groups is 1. The van der Waals surface area contributed by atoms with Crippen LogP contribution < -0.4 is 9.80 Å². The van der Waals surface area contributed by atoms with Gasteiger partial charge in [-0.2, -0.15) is 0 Å². The lowest BCUT2D eigenvalue weighted by molar-refractivity contribution is 0.0984.